The molecular formula is C13H22N4O3. The molecule has 1 aliphatic carbocycles. The Morgan fingerprint density at radius 3 is 2.70 bits per heavy atom. The number of H-pyrrole nitrogens is 1. The maximum atomic E-state index is 11.9. The maximum absolute atomic E-state index is 11.9. The number of nitrogens with one attached hydrogen (secondary N) is 2. The quantitative estimate of drug-likeness (QED) is 0.730. The van der Waals surface area contributed by atoms with Crippen LogP contribution in [-0.4, -0.2) is 29.3 Å². The lowest BCUT2D eigenvalue weighted by Gasteiger charge is -2.24. The zero-order valence-corrected chi connectivity index (χ0v) is 11.8. The van der Waals surface area contributed by atoms with Gasteiger partial charge in [-0.15, -0.1) is 0 Å². The Balaban J connectivity index is 2.26. The smallest absolute Gasteiger partial charge is 0.330 e. The highest BCUT2D eigenvalue weighted by Gasteiger charge is 2.18. The van der Waals surface area contributed by atoms with E-state index in [4.69, 9.17) is 10.5 Å². The normalized spacial score (nSPS) is 16.2. The molecule has 0 spiro atoms. The molecule has 0 atom stereocenters. The fraction of sp³-hybridized carbons (Fsp3) is 0.692. The van der Waals surface area contributed by atoms with Gasteiger partial charge in [0.15, 0.2) is 0 Å². The van der Waals surface area contributed by atoms with Crippen molar-refractivity contribution >= 4 is 11.5 Å². The lowest BCUT2D eigenvalue weighted by Crippen LogP contribution is -2.37. The van der Waals surface area contributed by atoms with E-state index in [-0.39, 0.29) is 11.9 Å². The molecule has 4 N–H and O–H groups in total. The minimum atomic E-state index is -0.501. The van der Waals surface area contributed by atoms with E-state index in [0.29, 0.717) is 18.8 Å². The Bertz CT molecular complexity index is 558. The van der Waals surface area contributed by atoms with Gasteiger partial charge in [-0.25, -0.2) is 4.79 Å². The summed E-state index contributed by atoms with van der Waals surface area (Å²) in [6.07, 6.45) is 5.58. The monoisotopic (exact) mass is 282 g/mol. The predicted molar refractivity (Wildman–Crippen MR) is 78.1 cm³/mol. The summed E-state index contributed by atoms with van der Waals surface area (Å²) in [7, 11) is 1.55. The first-order chi connectivity index (χ1) is 9.63. The number of aromatic nitrogens is 2. The molecule has 20 heavy (non-hydrogen) atoms. The number of rotatable bonds is 5. The van der Waals surface area contributed by atoms with Gasteiger partial charge in [0.2, 0.25) is 0 Å². The molecule has 7 heteroatoms. The Morgan fingerprint density at radius 2 is 2.05 bits per heavy atom. The molecule has 1 saturated carbocycles. The first-order valence-corrected chi connectivity index (χ1v) is 7.01. The fourth-order valence-electron chi connectivity index (χ4n) is 2.58. The maximum Gasteiger partial charge on any atom is 0.330 e. The van der Waals surface area contributed by atoms with E-state index in [2.05, 4.69) is 10.3 Å². The van der Waals surface area contributed by atoms with Gasteiger partial charge in [-0.1, -0.05) is 19.3 Å². The van der Waals surface area contributed by atoms with E-state index in [0.717, 1.165) is 25.7 Å². The third kappa shape index (κ3) is 3.22. The molecule has 112 valence electrons. The Hall–Kier alpha value is -1.76. The highest BCUT2D eigenvalue weighted by Crippen LogP contribution is 2.22. The minimum Gasteiger partial charge on any atom is -0.383 e. The molecule has 0 aliphatic heterocycles. The molecule has 0 radical (unpaired) electrons. The van der Waals surface area contributed by atoms with Crippen LogP contribution >= 0.6 is 0 Å². The molecule has 0 bridgehead atoms. The van der Waals surface area contributed by atoms with Crippen LogP contribution in [0.2, 0.25) is 0 Å². The summed E-state index contributed by atoms with van der Waals surface area (Å²) in [4.78, 5) is 26.0. The number of ether oxygens (including phenoxy) is 1. The van der Waals surface area contributed by atoms with Crippen LogP contribution in [0.1, 0.15) is 32.1 Å². The molecule has 1 aromatic rings. The summed E-state index contributed by atoms with van der Waals surface area (Å²) in [6.45, 7) is 0.677. The Morgan fingerprint density at radius 1 is 1.35 bits per heavy atom. The molecule has 0 unspecified atom stereocenters. The SMILES string of the molecule is COCCn1c(N)c(NC2CCCCC2)c(=O)[nH]c1=O. The van der Waals surface area contributed by atoms with E-state index in [1.54, 1.807) is 7.11 Å². The van der Waals surface area contributed by atoms with Gasteiger partial charge in [0.1, 0.15) is 11.5 Å². The summed E-state index contributed by atoms with van der Waals surface area (Å²) < 4.78 is 6.28. The lowest BCUT2D eigenvalue weighted by molar-refractivity contribution is 0.186. The lowest BCUT2D eigenvalue weighted by atomic mass is 9.95. The van der Waals surface area contributed by atoms with E-state index >= 15 is 0 Å². The van der Waals surface area contributed by atoms with Gasteiger partial charge in [-0.3, -0.25) is 14.3 Å². The topological polar surface area (TPSA) is 102 Å². The van der Waals surface area contributed by atoms with Gasteiger partial charge < -0.3 is 15.8 Å². The zero-order valence-electron chi connectivity index (χ0n) is 11.8. The predicted octanol–water partition coefficient (Wildman–Crippen LogP) is 0.510. The molecule has 1 fully saturated rings. The first kappa shape index (κ1) is 14.6. The van der Waals surface area contributed by atoms with Gasteiger partial charge in [-0.05, 0) is 12.8 Å². The molecular weight excluding hydrogens is 260 g/mol. The molecule has 1 aliphatic rings. The minimum absolute atomic E-state index is 0.182. The van der Waals surface area contributed by atoms with Crippen LogP contribution < -0.4 is 22.3 Å². The van der Waals surface area contributed by atoms with Crippen LogP contribution in [0.4, 0.5) is 11.5 Å². The van der Waals surface area contributed by atoms with Crippen molar-refractivity contribution in [3.63, 3.8) is 0 Å². The number of aromatic amines is 1. The highest BCUT2D eigenvalue weighted by molar-refractivity contribution is 5.60. The van der Waals surface area contributed by atoms with Gasteiger partial charge >= 0.3 is 5.69 Å². The van der Waals surface area contributed by atoms with Crippen molar-refractivity contribution in [2.75, 3.05) is 24.8 Å². The van der Waals surface area contributed by atoms with Crippen molar-refractivity contribution in [1.29, 1.82) is 0 Å². The average molecular weight is 282 g/mol. The van der Waals surface area contributed by atoms with Gasteiger partial charge in [-0.2, -0.15) is 0 Å². The largest absolute Gasteiger partial charge is 0.383 e. The number of nitrogens with two attached hydrogens (primary N) is 1. The summed E-state index contributed by atoms with van der Waals surface area (Å²) in [6, 6.07) is 0.250. The Kier molecular flexibility index (Phi) is 4.84. The van der Waals surface area contributed by atoms with Crippen LogP contribution in [0.3, 0.4) is 0 Å². The zero-order chi connectivity index (χ0) is 14.5. The molecule has 0 aromatic carbocycles. The second-order valence-electron chi connectivity index (χ2n) is 5.14. The third-order valence-corrected chi connectivity index (χ3v) is 3.71. The summed E-state index contributed by atoms with van der Waals surface area (Å²) in [5.41, 5.74) is 5.31. The summed E-state index contributed by atoms with van der Waals surface area (Å²) in [5.74, 6) is 0.182. The van der Waals surface area contributed by atoms with E-state index < -0.39 is 11.2 Å². The van der Waals surface area contributed by atoms with E-state index in [1.165, 1.54) is 11.0 Å². The number of hydrogen-bond acceptors (Lipinski definition) is 5. The molecule has 0 saturated heterocycles. The van der Waals surface area contributed by atoms with Gasteiger partial charge in [0.05, 0.1) is 13.2 Å². The standard InChI is InChI=1S/C13H22N4O3/c1-20-8-7-17-11(14)10(12(18)16-13(17)19)15-9-5-3-2-4-6-9/h9,15H,2-8,14H2,1H3,(H,16,18,19). The van der Waals surface area contributed by atoms with Crippen molar-refractivity contribution < 1.29 is 4.74 Å². The molecule has 1 heterocycles. The van der Waals surface area contributed by atoms with Crippen LogP contribution in [0.25, 0.3) is 0 Å². The van der Waals surface area contributed by atoms with Crippen LogP contribution in [0.5, 0.6) is 0 Å². The summed E-state index contributed by atoms with van der Waals surface area (Å²) >= 11 is 0. The van der Waals surface area contributed by atoms with E-state index in [1.807, 2.05) is 0 Å². The van der Waals surface area contributed by atoms with Crippen molar-refractivity contribution in [3.8, 4) is 0 Å². The van der Waals surface area contributed by atoms with Crippen molar-refractivity contribution in [2.45, 2.75) is 44.7 Å². The number of nitrogen functional groups attached to an aromatic ring is 1. The average Bonchev–Trinajstić information content (AvgIpc) is 2.44. The number of methoxy groups -OCH3 is 1. The molecule has 1 aromatic heterocycles. The third-order valence-electron chi connectivity index (χ3n) is 3.71. The molecule has 0 amide bonds. The van der Waals surface area contributed by atoms with Crippen LogP contribution in [0, 0.1) is 0 Å². The summed E-state index contributed by atoms with van der Waals surface area (Å²) in [5, 5.41) is 3.19. The van der Waals surface area contributed by atoms with Gasteiger partial charge in [0, 0.05) is 13.2 Å². The number of anilines is 2. The first-order valence-electron chi connectivity index (χ1n) is 7.01. The highest BCUT2D eigenvalue weighted by atomic mass is 16.5. The van der Waals surface area contributed by atoms with Crippen molar-refractivity contribution in [1.82, 2.24) is 9.55 Å². The number of hydrogen-bond donors (Lipinski definition) is 3. The van der Waals surface area contributed by atoms with Crippen molar-refractivity contribution in [2.24, 2.45) is 0 Å². The van der Waals surface area contributed by atoms with Crippen LogP contribution in [0.15, 0.2) is 9.59 Å². The second kappa shape index (κ2) is 6.60. The second-order valence-corrected chi connectivity index (χ2v) is 5.14. The molecule has 2 rings (SSSR count). The Labute approximate surface area is 117 Å². The van der Waals surface area contributed by atoms with Crippen LogP contribution in [-0.2, 0) is 11.3 Å². The fourth-order valence-corrected chi connectivity index (χ4v) is 2.58. The number of nitrogens with zero attached hydrogens (tertiary/aromatic N) is 1. The van der Waals surface area contributed by atoms with Crippen molar-refractivity contribution in [3.05, 3.63) is 20.8 Å². The molecule has 7 nitrogen and oxygen atoms in total. The van der Waals surface area contributed by atoms with Gasteiger partial charge in [0.25, 0.3) is 5.56 Å². The van der Waals surface area contributed by atoms with E-state index in [9.17, 15) is 9.59 Å².